The molecule has 1 aliphatic carbocycles. The number of hydrogen-bond acceptors (Lipinski definition) is 1. The van der Waals surface area contributed by atoms with Gasteiger partial charge in [-0.3, -0.25) is 0 Å². The Morgan fingerprint density at radius 3 is 2.75 bits per heavy atom. The van der Waals surface area contributed by atoms with Crippen molar-refractivity contribution in [2.24, 2.45) is 5.92 Å². The van der Waals surface area contributed by atoms with E-state index in [4.69, 9.17) is 0 Å². The number of halogens is 2. The van der Waals surface area contributed by atoms with Gasteiger partial charge < -0.3 is 5.32 Å². The third-order valence-electron chi connectivity index (χ3n) is 3.22. The van der Waals surface area contributed by atoms with Gasteiger partial charge >= 0.3 is 0 Å². The van der Waals surface area contributed by atoms with Crippen LogP contribution in [0, 0.1) is 11.7 Å². The SMILES string of the molecule is Fc1ccc(CNCC2CCCC2)cc1Br. The number of nitrogens with one attached hydrogen (secondary N) is 1. The Morgan fingerprint density at radius 1 is 1.31 bits per heavy atom. The number of hydrogen-bond donors (Lipinski definition) is 1. The summed E-state index contributed by atoms with van der Waals surface area (Å²) in [4.78, 5) is 0. The summed E-state index contributed by atoms with van der Waals surface area (Å²) in [6, 6.07) is 5.19. The molecule has 0 heterocycles. The molecule has 1 nitrogen and oxygen atoms in total. The monoisotopic (exact) mass is 285 g/mol. The Labute approximate surface area is 105 Å². The molecule has 0 atom stereocenters. The highest BCUT2D eigenvalue weighted by Gasteiger charge is 2.13. The second-order valence-electron chi connectivity index (χ2n) is 4.53. The lowest BCUT2D eigenvalue weighted by atomic mass is 10.1. The van der Waals surface area contributed by atoms with Crippen molar-refractivity contribution >= 4 is 15.9 Å². The minimum Gasteiger partial charge on any atom is -0.312 e. The van der Waals surface area contributed by atoms with E-state index in [2.05, 4.69) is 21.2 Å². The molecule has 1 aromatic carbocycles. The van der Waals surface area contributed by atoms with Crippen LogP contribution >= 0.6 is 15.9 Å². The van der Waals surface area contributed by atoms with Gasteiger partial charge in [-0.1, -0.05) is 18.9 Å². The second-order valence-corrected chi connectivity index (χ2v) is 5.38. The molecule has 0 unspecified atom stereocenters. The van der Waals surface area contributed by atoms with Crippen molar-refractivity contribution in [3.63, 3.8) is 0 Å². The van der Waals surface area contributed by atoms with Crippen LogP contribution in [0.2, 0.25) is 0 Å². The molecule has 2 rings (SSSR count). The normalized spacial score (nSPS) is 16.9. The lowest BCUT2D eigenvalue weighted by Gasteiger charge is -2.10. The average molecular weight is 286 g/mol. The van der Waals surface area contributed by atoms with Gasteiger partial charge in [-0.25, -0.2) is 4.39 Å². The van der Waals surface area contributed by atoms with Gasteiger partial charge in [0.25, 0.3) is 0 Å². The zero-order valence-electron chi connectivity index (χ0n) is 9.31. The van der Waals surface area contributed by atoms with E-state index in [-0.39, 0.29) is 5.82 Å². The fourth-order valence-corrected chi connectivity index (χ4v) is 2.71. The van der Waals surface area contributed by atoms with Crippen LogP contribution in [0.1, 0.15) is 31.2 Å². The van der Waals surface area contributed by atoms with Crippen molar-refractivity contribution < 1.29 is 4.39 Å². The predicted octanol–water partition coefficient (Wildman–Crippen LogP) is 3.87. The number of rotatable bonds is 4. The lowest BCUT2D eigenvalue weighted by Crippen LogP contribution is -2.20. The highest BCUT2D eigenvalue weighted by atomic mass is 79.9. The topological polar surface area (TPSA) is 12.0 Å². The third-order valence-corrected chi connectivity index (χ3v) is 3.83. The molecular formula is C13H17BrFN. The van der Waals surface area contributed by atoms with E-state index in [1.807, 2.05) is 12.1 Å². The van der Waals surface area contributed by atoms with Crippen molar-refractivity contribution in [2.45, 2.75) is 32.2 Å². The van der Waals surface area contributed by atoms with Crippen molar-refractivity contribution in [2.75, 3.05) is 6.54 Å². The van der Waals surface area contributed by atoms with Crippen LogP contribution in [0.15, 0.2) is 22.7 Å². The first-order chi connectivity index (χ1) is 7.75. The van der Waals surface area contributed by atoms with Crippen LogP contribution in [0.4, 0.5) is 4.39 Å². The maximum absolute atomic E-state index is 13.0. The largest absolute Gasteiger partial charge is 0.312 e. The minimum atomic E-state index is -0.195. The van der Waals surface area contributed by atoms with E-state index in [0.29, 0.717) is 4.47 Å². The number of benzene rings is 1. The second kappa shape index (κ2) is 5.78. The Kier molecular flexibility index (Phi) is 4.36. The standard InChI is InChI=1S/C13H17BrFN/c14-12-7-11(5-6-13(12)15)9-16-8-10-3-1-2-4-10/h5-7,10,16H,1-4,8-9H2. The first kappa shape index (κ1) is 12.1. The summed E-state index contributed by atoms with van der Waals surface area (Å²) >= 11 is 3.20. The summed E-state index contributed by atoms with van der Waals surface area (Å²) in [7, 11) is 0. The van der Waals surface area contributed by atoms with Crippen molar-refractivity contribution in [1.82, 2.24) is 5.32 Å². The molecule has 1 N–H and O–H groups in total. The fraction of sp³-hybridized carbons (Fsp3) is 0.538. The smallest absolute Gasteiger partial charge is 0.137 e. The van der Waals surface area contributed by atoms with Crippen molar-refractivity contribution in [3.05, 3.63) is 34.1 Å². The molecule has 0 aliphatic heterocycles. The first-order valence-electron chi connectivity index (χ1n) is 5.90. The molecule has 3 heteroatoms. The summed E-state index contributed by atoms with van der Waals surface area (Å²) in [5.74, 6) is 0.656. The lowest BCUT2D eigenvalue weighted by molar-refractivity contribution is 0.489. The summed E-state index contributed by atoms with van der Waals surface area (Å²) < 4.78 is 13.5. The van der Waals surface area contributed by atoms with Gasteiger partial charge in [-0.2, -0.15) is 0 Å². The Hall–Kier alpha value is -0.410. The molecule has 0 bridgehead atoms. The van der Waals surface area contributed by atoms with E-state index in [1.54, 1.807) is 0 Å². The van der Waals surface area contributed by atoms with Gasteiger partial charge in [0.05, 0.1) is 4.47 Å². The van der Waals surface area contributed by atoms with Crippen LogP contribution in [0.3, 0.4) is 0 Å². The first-order valence-corrected chi connectivity index (χ1v) is 6.69. The van der Waals surface area contributed by atoms with E-state index in [0.717, 1.165) is 24.6 Å². The molecule has 88 valence electrons. The fourth-order valence-electron chi connectivity index (χ4n) is 2.28. The van der Waals surface area contributed by atoms with Gasteiger partial charge in [0.2, 0.25) is 0 Å². The van der Waals surface area contributed by atoms with E-state index < -0.39 is 0 Å². The maximum Gasteiger partial charge on any atom is 0.137 e. The van der Waals surface area contributed by atoms with E-state index in [1.165, 1.54) is 31.7 Å². The molecule has 1 fully saturated rings. The Morgan fingerprint density at radius 2 is 2.06 bits per heavy atom. The molecule has 1 aromatic rings. The molecular weight excluding hydrogens is 269 g/mol. The summed E-state index contributed by atoms with van der Waals surface area (Å²) in [6.07, 6.45) is 5.49. The minimum absolute atomic E-state index is 0.195. The molecule has 0 spiro atoms. The van der Waals surface area contributed by atoms with Crippen molar-refractivity contribution in [1.29, 1.82) is 0 Å². The van der Waals surface area contributed by atoms with Crippen LogP contribution in [-0.2, 0) is 6.54 Å². The molecule has 1 saturated carbocycles. The highest BCUT2D eigenvalue weighted by Crippen LogP contribution is 2.24. The molecule has 0 aromatic heterocycles. The van der Waals surface area contributed by atoms with Crippen LogP contribution < -0.4 is 5.32 Å². The summed E-state index contributed by atoms with van der Waals surface area (Å²) in [6.45, 7) is 1.92. The Balaban J connectivity index is 1.78. The quantitative estimate of drug-likeness (QED) is 0.886. The summed E-state index contributed by atoms with van der Waals surface area (Å²) in [5, 5.41) is 3.45. The van der Waals surface area contributed by atoms with Gasteiger partial charge in [-0.05, 0) is 58.9 Å². The van der Waals surface area contributed by atoms with E-state index in [9.17, 15) is 4.39 Å². The van der Waals surface area contributed by atoms with E-state index >= 15 is 0 Å². The van der Waals surface area contributed by atoms with Crippen LogP contribution in [-0.4, -0.2) is 6.54 Å². The molecule has 0 amide bonds. The highest BCUT2D eigenvalue weighted by molar-refractivity contribution is 9.10. The van der Waals surface area contributed by atoms with Gasteiger partial charge in [0, 0.05) is 6.54 Å². The summed E-state index contributed by atoms with van der Waals surface area (Å²) in [5.41, 5.74) is 1.13. The Bertz CT molecular complexity index is 348. The van der Waals surface area contributed by atoms with Crippen molar-refractivity contribution in [3.8, 4) is 0 Å². The van der Waals surface area contributed by atoms with Gasteiger partial charge in [0.1, 0.15) is 5.82 Å². The molecule has 16 heavy (non-hydrogen) atoms. The zero-order valence-corrected chi connectivity index (χ0v) is 10.9. The average Bonchev–Trinajstić information content (AvgIpc) is 2.76. The molecule has 1 aliphatic rings. The maximum atomic E-state index is 13.0. The van der Waals surface area contributed by atoms with Gasteiger partial charge in [0.15, 0.2) is 0 Å². The van der Waals surface area contributed by atoms with Crippen LogP contribution in [0.25, 0.3) is 0 Å². The zero-order chi connectivity index (χ0) is 11.4. The molecule has 0 saturated heterocycles. The predicted molar refractivity (Wildman–Crippen MR) is 67.8 cm³/mol. The van der Waals surface area contributed by atoms with Gasteiger partial charge in [-0.15, -0.1) is 0 Å². The third kappa shape index (κ3) is 3.29. The van der Waals surface area contributed by atoms with Crippen LogP contribution in [0.5, 0.6) is 0 Å². The molecule has 0 radical (unpaired) electrons.